The fourth-order valence-electron chi connectivity index (χ4n) is 4.02. The molecule has 2 fully saturated rings. The van der Waals surface area contributed by atoms with Crippen LogP contribution in [0.15, 0.2) is 6.33 Å². The third-order valence-corrected chi connectivity index (χ3v) is 5.44. The van der Waals surface area contributed by atoms with Crippen LogP contribution >= 0.6 is 0 Å². The average molecular weight is 291 g/mol. The molecule has 1 saturated carbocycles. The topological polar surface area (TPSA) is 46.0 Å². The zero-order valence-corrected chi connectivity index (χ0v) is 13.5. The molecule has 3 rings (SSSR count). The average Bonchev–Trinajstić information content (AvgIpc) is 2.98. The van der Waals surface area contributed by atoms with Gasteiger partial charge < -0.3 is 5.32 Å². The van der Waals surface area contributed by atoms with Crippen molar-refractivity contribution in [2.75, 3.05) is 13.1 Å². The number of hydrogen-bond donors (Lipinski definition) is 1. The molecule has 21 heavy (non-hydrogen) atoms. The summed E-state index contributed by atoms with van der Waals surface area (Å²) in [6, 6.07) is 0.621. The Balaban J connectivity index is 1.79. The van der Waals surface area contributed by atoms with Crippen LogP contribution in [0.1, 0.15) is 58.2 Å². The van der Waals surface area contributed by atoms with Gasteiger partial charge in [0.25, 0.3) is 0 Å². The van der Waals surface area contributed by atoms with E-state index in [0.717, 1.165) is 32.0 Å². The number of aromatic nitrogens is 3. The van der Waals surface area contributed by atoms with E-state index in [0.29, 0.717) is 11.6 Å². The molecular weight excluding hydrogens is 262 g/mol. The third-order valence-electron chi connectivity index (χ3n) is 5.44. The van der Waals surface area contributed by atoms with Crippen molar-refractivity contribution in [2.45, 2.75) is 77.0 Å². The second kappa shape index (κ2) is 6.44. The zero-order valence-electron chi connectivity index (χ0n) is 13.5. The summed E-state index contributed by atoms with van der Waals surface area (Å²) in [6.07, 6.45) is 9.70. The first-order valence-electron chi connectivity index (χ1n) is 8.62. The van der Waals surface area contributed by atoms with Crippen LogP contribution in [0.4, 0.5) is 0 Å². The number of aryl methyl sites for hydroxylation is 1. The van der Waals surface area contributed by atoms with Gasteiger partial charge in [0.05, 0.1) is 6.54 Å². The van der Waals surface area contributed by atoms with E-state index in [-0.39, 0.29) is 0 Å². The van der Waals surface area contributed by atoms with Crippen LogP contribution in [0.5, 0.6) is 0 Å². The second-order valence-electron chi connectivity index (χ2n) is 6.64. The normalized spacial score (nSPS) is 26.3. The van der Waals surface area contributed by atoms with Gasteiger partial charge in [-0.1, -0.05) is 26.2 Å². The van der Waals surface area contributed by atoms with E-state index in [2.05, 4.69) is 34.1 Å². The molecule has 1 aliphatic carbocycles. The molecule has 0 aromatic carbocycles. The molecule has 2 aliphatic rings. The largest absolute Gasteiger partial charge is 0.311 e. The monoisotopic (exact) mass is 291 g/mol. The second-order valence-corrected chi connectivity index (χ2v) is 6.64. The van der Waals surface area contributed by atoms with E-state index in [1.807, 2.05) is 4.68 Å². The maximum atomic E-state index is 4.50. The van der Waals surface area contributed by atoms with E-state index < -0.39 is 0 Å². The van der Waals surface area contributed by atoms with Crippen LogP contribution in [0.3, 0.4) is 0 Å². The highest BCUT2D eigenvalue weighted by Crippen LogP contribution is 2.36. The molecule has 1 aliphatic heterocycles. The molecule has 5 heteroatoms. The van der Waals surface area contributed by atoms with Crippen LogP contribution in [-0.2, 0) is 13.1 Å². The Hall–Kier alpha value is -0.940. The fourth-order valence-corrected chi connectivity index (χ4v) is 4.02. The Labute approximate surface area is 128 Å². The van der Waals surface area contributed by atoms with Gasteiger partial charge in [0.1, 0.15) is 12.2 Å². The number of nitrogens with zero attached hydrogens (tertiary/aromatic N) is 4. The lowest BCUT2D eigenvalue weighted by molar-refractivity contribution is 0.0000738. The Morgan fingerprint density at radius 1 is 1.29 bits per heavy atom. The Morgan fingerprint density at radius 3 is 2.81 bits per heavy atom. The SMILES string of the molecule is CCC1CN(Cc2ncnn2CC)C2(CCCCC2)CN1. The summed E-state index contributed by atoms with van der Waals surface area (Å²) >= 11 is 0. The first-order valence-corrected chi connectivity index (χ1v) is 8.62. The van der Waals surface area contributed by atoms with Crippen molar-refractivity contribution in [3.05, 3.63) is 12.2 Å². The van der Waals surface area contributed by atoms with E-state index in [1.165, 1.54) is 38.5 Å². The van der Waals surface area contributed by atoms with Crippen LogP contribution in [0.2, 0.25) is 0 Å². The lowest BCUT2D eigenvalue weighted by Gasteiger charge is -2.52. The molecule has 0 radical (unpaired) electrons. The molecule has 2 heterocycles. The van der Waals surface area contributed by atoms with Crippen molar-refractivity contribution in [1.82, 2.24) is 25.0 Å². The van der Waals surface area contributed by atoms with E-state index in [4.69, 9.17) is 0 Å². The minimum absolute atomic E-state index is 0.356. The maximum absolute atomic E-state index is 4.50. The Bertz CT molecular complexity index is 449. The molecule has 0 bridgehead atoms. The van der Waals surface area contributed by atoms with Gasteiger partial charge >= 0.3 is 0 Å². The van der Waals surface area contributed by atoms with Gasteiger partial charge in [0.2, 0.25) is 0 Å². The number of piperazine rings is 1. The quantitative estimate of drug-likeness (QED) is 0.923. The van der Waals surface area contributed by atoms with Crippen LogP contribution in [0.25, 0.3) is 0 Å². The highest BCUT2D eigenvalue weighted by atomic mass is 15.4. The molecule has 1 aromatic heterocycles. The predicted molar refractivity (Wildman–Crippen MR) is 84.0 cm³/mol. The smallest absolute Gasteiger partial charge is 0.141 e. The van der Waals surface area contributed by atoms with E-state index in [9.17, 15) is 0 Å². The summed E-state index contributed by atoms with van der Waals surface area (Å²) in [7, 11) is 0. The summed E-state index contributed by atoms with van der Waals surface area (Å²) in [5, 5.41) is 8.12. The van der Waals surface area contributed by atoms with Crippen LogP contribution in [0, 0.1) is 0 Å². The van der Waals surface area contributed by atoms with Crippen molar-refractivity contribution in [2.24, 2.45) is 0 Å². The number of nitrogens with one attached hydrogen (secondary N) is 1. The predicted octanol–water partition coefficient (Wildman–Crippen LogP) is 2.18. The summed E-state index contributed by atoms with van der Waals surface area (Å²) in [4.78, 5) is 7.22. The highest BCUT2D eigenvalue weighted by Gasteiger charge is 2.42. The van der Waals surface area contributed by atoms with E-state index >= 15 is 0 Å². The van der Waals surface area contributed by atoms with Gasteiger partial charge in [-0.15, -0.1) is 0 Å². The summed E-state index contributed by atoms with van der Waals surface area (Å²) in [6.45, 7) is 8.57. The van der Waals surface area contributed by atoms with Gasteiger partial charge in [-0.05, 0) is 26.2 Å². The molecule has 1 saturated heterocycles. The lowest BCUT2D eigenvalue weighted by atomic mass is 9.78. The first kappa shape index (κ1) is 15.0. The zero-order chi connectivity index (χ0) is 14.7. The minimum atomic E-state index is 0.356. The van der Waals surface area contributed by atoms with Crippen molar-refractivity contribution in [3.63, 3.8) is 0 Å². The lowest BCUT2D eigenvalue weighted by Crippen LogP contribution is -2.64. The molecule has 1 atom stereocenters. The first-order chi connectivity index (χ1) is 10.3. The number of hydrogen-bond acceptors (Lipinski definition) is 4. The highest BCUT2D eigenvalue weighted by molar-refractivity contribution is 5.02. The maximum Gasteiger partial charge on any atom is 0.141 e. The summed E-state index contributed by atoms with van der Waals surface area (Å²) < 4.78 is 2.04. The third kappa shape index (κ3) is 2.99. The molecule has 5 nitrogen and oxygen atoms in total. The van der Waals surface area contributed by atoms with Crippen molar-refractivity contribution in [1.29, 1.82) is 0 Å². The van der Waals surface area contributed by atoms with Crippen molar-refractivity contribution < 1.29 is 0 Å². The van der Waals surface area contributed by atoms with Crippen molar-refractivity contribution >= 4 is 0 Å². The number of rotatable bonds is 4. The van der Waals surface area contributed by atoms with Crippen LogP contribution < -0.4 is 5.32 Å². The van der Waals surface area contributed by atoms with Crippen molar-refractivity contribution in [3.8, 4) is 0 Å². The van der Waals surface area contributed by atoms with Gasteiger partial charge in [-0.2, -0.15) is 5.10 Å². The van der Waals surface area contributed by atoms with Gasteiger partial charge in [-0.25, -0.2) is 9.67 Å². The minimum Gasteiger partial charge on any atom is -0.311 e. The molecule has 0 amide bonds. The molecule has 1 N–H and O–H groups in total. The summed E-state index contributed by atoms with van der Waals surface area (Å²) in [5.74, 6) is 1.12. The molecular formula is C16H29N5. The van der Waals surface area contributed by atoms with E-state index in [1.54, 1.807) is 6.33 Å². The van der Waals surface area contributed by atoms with Gasteiger partial charge in [0.15, 0.2) is 0 Å². The molecule has 1 spiro atoms. The van der Waals surface area contributed by atoms with Crippen LogP contribution in [-0.4, -0.2) is 44.3 Å². The van der Waals surface area contributed by atoms with Gasteiger partial charge in [-0.3, -0.25) is 4.90 Å². The summed E-state index contributed by atoms with van der Waals surface area (Å²) in [5.41, 5.74) is 0.356. The standard InChI is InChI=1S/C16H29N5/c1-3-14-10-20(11-15-18-13-19-21(15)4-2)16(12-17-14)8-6-5-7-9-16/h13-14,17H,3-12H2,1-2H3. The molecule has 118 valence electrons. The Kier molecular flexibility index (Phi) is 4.60. The van der Waals surface area contributed by atoms with Gasteiger partial charge in [0, 0.05) is 31.2 Å². The Morgan fingerprint density at radius 2 is 2.10 bits per heavy atom. The molecule has 1 aromatic rings. The molecule has 1 unspecified atom stereocenters. The fraction of sp³-hybridized carbons (Fsp3) is 0.875.